The maximum Gasteiger partial charge on any atom is 0.191 e. The lowest BCUT2D eigenvalue weighted by Gasteiger charge is -2.29. The Kier molecular flexibility index (Phi) is 9.61. The predicted octanol–water partition coefficient (Wildman–Crippen LogP) is 3.92. The molecule has 0 aliphatic carbocycles. The Balaban J connectivity index is 0.00000306. The molecule has 2 heterocycles. The summed E-state index contributed by atoms with van der Waals surface area (Å²) in [5.41, 5.74) is 4.05. The van der Waals surface area contributed by atoms with Crippen molar-refractivity contribution in [2.45, 2.75) is 32.9 Å². The van der Waals surface area contributed by atoms with Crippen molar-refractivity contribution in [3.05, 3.63) is 59.4 Å². The fourth-order valence-corrected chi connectivity index (χ4v) is 4.26. The molecule has 2 saturated heterocycles. The van der Waals surface area contributed by atoms with Gasteiger partial charge in [0.05, 0.1) is 25.4 Å². The first-order valence-corrected chi connectivity index (χ1v) is 11.6. The number of hydrogen-bond donors (Lipinski definition) is 2. The predicted molar refractivity (Wildman–Crippen MR) is 145 cm³/mol. The summed E-state index contributed by atoms with van der Waals surface area (Å²) in [4.78, 5) is 9.16. The first-order valence-electron chi connectivity index (χ1n) is 11.6. The summed E-state index contributed by atoms with van der Waals surface area (Å²) in [5.74, 6) is 0.586. The van der Waals surface area contributed by atoms with Gasteiger partial charge in [0.15, 0.2) is 5.96 Å². The van der Waals surface area contributed by atoms with Crippen molar-refractivity contribution >= 4 is 41.3 Å². The van der Waals surface area contributed by atoms with Gasteiger partial charge in [0, 0.05) is 44.5 Å². The molecule has 0 amide bonds. The van der Waals surface area contributed by atoms with Crippen LogP contribution in [0.3, 0.4) is 0 Å². The third-order valence-corrected chi connectivity index (χ3v) is 6.06. The van der Waals surface area contributed by atoms with Crippen LogP contribution in [0, 0.1) is 12.7 Å². The van der Waals surface area contributed by atoms with Gasteiger partial charge in [-0.3, -0.25) is 0 Å². The molecule has 6 nitrogen and oxygen atoms in total. The van der Waals surface area contributed by atoms with E-state index in [9.17, 15) is 4.39 Å². The SMILES string of the molecule is CCNC(=NCc1ccc(N2CCOCC2)c(F)c1)NC1CCN(c2ccc(C)cc2)C1.I. The van der Waals surface area contributed by atoms with Gasteiger partial charge in [-0.15, -0.1) is 24.0 Å². The number of nitrogens with zero attached hydrogens (tertiary/aromatic N) is 3. The fraction of sp³-hybridized carbons (Fsp3) is 0.480. The van der Waals surface area contributed by atoms with E-state index in [1.54, 1.807) is 6.07 Å². The Morgan fingerprint density at radius 3 is 2.55 bits per heavy atom. The van der Waals surface area contributed by atoms with Gasteiger partial charge >= 0.3 is 0 Å². The van der Waals surface area contributed by atoms with Crippen LogP contribution in [-0.2, 0) is 11.3 Å². The third kappa shape index (κ3) is 6.96. The number of aliphatic imine (C=N–C) groups is 1. The summed E-state index contributed by atoms with van der Waals surface area (Å²) in [7, 11) is 0. The van der Waals surface area contributed by atoms with Gasteiger partial charge in [-0.25, -0.2) is 9.38 Å². The summed E-state index contributed by atoms with van der Waals surface area (Å²) < 4.78 is 20.1. The maximum absolute atomic E-state index is 14.7. The molecular weight excluding hydrogens is 532 g/mol. The van der Waals surface area contributed by atoms with E-state index in [-0.39, 0.29) is 29.8 Å². The molecule has 4 rings (SSSR count). The number of halogens is 2. The number of aryl methyl sites for hydroxylation is 1. The topological polar surface area (TPSA) is 52.1 Å². The zero-order valence-electron chi connectivity index (χ0n) is 19.5. The minimum Gasteiger partial charge on any atom is -0.378 e. The lowest BCUT2D eigenvalue weighted by molar-refractivity contribution is 0.122. The summed E-state index contributed by atoms with van der Waals surface area (Å²) in [6, 6.07) is 14.5. The molecule has 2 aromatic rings. The second-order valence-electron chi connectivity index (χ2n) is 8.49. The summed E-state index contributed by atoms with van der Waals surface area (Å²) in [6.07, 6.45) is 1.06. The summed E-state index contributed by atoms with van der Waals surface area (Å²) >= 11 is 0. The molecule has 2 aromatic carbocycles. The van der Waals surface area contributed by atoms with E-state index < -0.39 is 0 Å². The van der Waals surface area contributed by atoms with E-state index in [1.807, 2.05) is 17.0 Å². The molecule has 0 bridgehead atoms. The molecule has 2 aliphatic rings. The quantitative estimate of drug-likeness (QED) is 0.315. The van der Waals surface area contributed by atoms with Crippen molar-refractivity contribution in [3.8, 4) is 0 Å². The van der Waals surface area contributed by atoms with E-state index in [0.29, 0.717) is 31.5 Å². The molecule has 0 saturated carbocycles. The van der Waals surface area contributed by atoms with Crippen molar-refractivity contribution in [1.82, 2.24) is 10.6 Å². The summed E-state index contributed by atoms with van der Waals surface area (Å²) in [5, 5.41) is 6.88. The van der Waals surface area contributed by atoms with E-state index in [1.165, 1.54) is 11.3 Å². The van der Waals surface area contributed by atoms with E-state index in [4.69, 9.17) is 9.73 Å². The Hall–Kier alpha value is -2.07. The molecule has 8 heteroatoms. The standard InChI is InChI=1S/C25H34FN5O.HI/c1-3-27-25(29-21-10-11-31(18-21)22-7-4-19(2)5-8-22)28-17-20-6-9-24(23(26)16-20)30-12-14-32-15-13-30;/h4-9,16,21H,3,10-15,17-18H2,1-2H3,(H2,27,28,29);1H. The van der Waals surface area contributed by atoms with E-state index in [2.05, 4.69) is 53.6 Å². The molecule has 2 aliphatic heterocycles. The van der Waals surface area contributed by atoms with E-state index in [0.717, 1.165) is 50.7 Å². The first kappa shape index (κ1) is 25.6. The second kappa shape index (κ2) is 12.4. The van der Waals surface area contributed by atoms with Crippen LogP contribution in [0.5, 0.6) is 0 Å². The highest BCUT2D eigenvalue weighted by atomic mass is 127. The Bertz CT molecular complexity index is 918. The van der Waals surface area contributed by atoms with Crippen molar-refractivity contribution in [2.24, 2.45) is 4.99 Å². The molecule has 0 aromatic heterocycles. The van der Waals surface area contributed by atoms with Gasteiger partial charge in [-0.2, -0.15) is 0 Å². The number of rotatable bonds is 6. The van der Waals surface area contributed by atoms with Crippen LogP contribution in [0.1, 0.15) is 24.5 Å². The van der Waals surface area contributed by atoms with Crippen LogP contribution in [0.25, 0.3) is 0 Å². The van der Waals surface area contributed by atoms with Gasteiger partial charge in [0.2, 0.25) is 0 Å². The Labute approximate surface area is 213 Å². The normalized spacial score (nSPS) is 18.8. The number of ether oxygens (including phenoxy) is 1. The van der Waals surface area contributed by atoms with Crippen molar-refractivity contribution < 1.29 is 9.13 Å². The van der Waals surface area contributed by atoms with Crippen molar-refractivity contribution in [2.75, 3.05) is 55.7 Å². The summed E-state index contributed by atoms with van der Waals surface area (Å²) in [6.45, 7) is 10.1. The van der Waals surface area contributed by atoms with Crippen LogP contribution < -0.4 is 20.4 Å². The van der Waals surface area contributed by atoms with Gasteiger partial charge in [0.25, 0.3) is 0 Å². The molecule has 0 spiro atoms. The minimum absolute atomic E-state index is 0. The van der Waals surface area contributed by atoms with Crippen LogP contribution in [-0.4, -0.2) is 57.9 Å². The van der Waals surface area contributed by atoms with Crippen molar-refractivity contribution in [3.63, 3.8) is 0 Å². The number of guanidine groups is 1. The lowest BCUT2D eigenvalue weighted by atomic mass is 10.1. The smallest absolute Gasteiger partial charge is 0.191 e. The number of benzene rings is 2. The van der Waals surface area contributed by atoms with E-state index >= 15 is 0 Å². The zero-order chi connectivity index (χ0) is 22.3. The molecule has 1 unspecified atom stereocenters. The first-order chi connectivity index (χ1) is 15.6. The molecule has 180 valence electrons. The molecule has 0 radical (unpaired) electrons. The minimum atomic E-state index is -0.193. The average Bonchev–Trinajstić information content (AvgIpc) is 3.27. The van der Waals surface area contributed by atoms with Crippen LogP contribution >= 0.6 is 24.0 Å². The maximum atomic E-state index is 14.7. The number of morpholine rings is 1. The molecule has 2 fully saturated rings. The second-order valence-corrected chi connectivity index (χ2v) is 8.49. The van der Waals surface area contributed by atoms with Crippen LogP contribution in [0.15, 0.2) is 47.5 Å². The van der Waals surface area contributed by atoms with Gasteiger partial charge in [0.1, 0.15) is 5.82 Å². The van der Waals surface area contributed by atoms with Crippen molar-refractivity contribution in [1.29, 1.82) is 0 Å². The molecule has 33 heavy (non-hydrogen) atoms. The number of anilines is 2. The van der Waals surface area contributed by atoms with Gasteiger partial charge in [-0.05, 0) is 50.1 Å². The third-order valence-electron chi connectivity index (χ3n) is 6.06. The number of nitrogens with one attached hydrogen (secondary N) is 2. The Morgan fingerprint density at radius 1 is 1.09 bits per heavy atom. The molecular formula is C25H35FIN5O. The highest BCUT2D eigenvalue weighted by Gasteiger charge is 2.23. The highest BCUT2D eigenvalue weighted by molar-refractivity contribution is 14.0. The zero-order valence-corrected chi connectivity index (χ0v) is 21.8. The van der Waals surface area contributed by atoms with Gasteiger partial charge in [-0.1, -0.05) is 23.8 Å². The Morgan fingerprint density at radius 2 is 1.85 bits per heavy atom. The lowest BCUT2D eigenvalue weighted by Crippen LogP contribution is -2.44. The largest absolute Gasteiger partial charge is 0.378 e. The molecule has 2 N–H and O–H groups in total. The fourth-order valence-electron chi connectivity index (χ4n) is 4.26. The average molecular weight is 567 g/mol. The van der Waals surface area contributed by atoms with Gasteiger partial charge < -0.3 is 25.2 Å². The highest BCUT2D eigenvalue weighted by Crippen LogP contribution is 2.23. The van der Waals surface area contributed by atoms with Crippen LogP contribution in [0.2, 0.25) is 0 Å². The monoisotopic (exact) mass is 567 g/mol. The molecule has 1 atom stereocenters. The van der Waals surface area contributed by atoms with Crippen LogP contribution in [0.4, 0.5) is 15.8 Å². The number of hydrogen-bond acceptors (Lipinski definition) is 4.